The first-order chi connectivity index (χ1) is 6.41. The third kappa shape index (κ3) is 2.67. The predicted molar refractivity (Wildman–Crippen MR) is 52.8 cm³/mol. The molecule has 0 aliphatic carbocycles. The summed E-state index contributed by atoms with van der Waals surface area (Å²) in [6.45, 7) is 3.02. The summed E-state index contributed by atoms with van der Waals surface area (Å²) in [5.74, 6) is 0.711. The standard InChI is InChI=1S/C10H16N2O2/c1-10(2,14)8(13)4-5-9-11-6-7-12(9)3/h6-7,14H,4-5H2,1-3H3. The lowest BCUT2D eigenvalue weighted by atomic mass is 10.00. The lowest BCUT2D eigenvalue weighted by Gasteiger charge is -2.14. The van der Waals surface area contributed by atoms with E-state index in [9.17, 15) is 9.90 Å². The van der Waals surface area contributed by atoms with Gasteiger partial charge in [-0.3, -0.25) is 4.79 Å². The zero-order chi connectivity index (χ0) is 10.8. The lowest BCUT2D eigenvalue weighted by molar-refractivity contribution is -0.134. The Morgan fingerprint density at radius 1 is 1.64 bits per heavy atom. The summed E-state index contributed by atoms with van der Waals surface area (Å²) < 4.78 is 1.87. The Morgan fingerprint density at radius 2 is 2.29 bits per heavy atom. The van der Waals surface area contributed by atoms with Crippen molar-refractivity contribution in [2.75, 3.05) is 0 Å². The summed E-state index contributed by atoms with van der Waals surface area (Å²) >= 11 is 0. The summed E-state index contributed by atoms with van der Waals surface area (Å²) in [5.41, 5.74) is -1.23. The molecule has 4 heteroatoms. The van der Waals surface area contributed by atoms with E-state index in [4.69, 9.17) is 0 Å². The van der Waals surface area contributed by atoms with Crippen molar-refractivity contribution in [3.63, 3.8) is 0 Å². The van der Waals surface area contributed by atoms with Crippen molar-refractivity contribution in [3.05, 3.63) is 18.2 Å². The van der Waals surface area contributed by atoms with Crippen LogP contribution < -0.4 is 0 Å². The first kappa shape index (κ1) is 10.9. The number of aliphatic hydroxyl groups is 1. The summed E-state index contributed by atoms with van der Waals surface area (Å²) in [5, 5.41) is 9.41. The number of imidazole rings is 1. The van der Waals surface area contributed by atoms with Gasteiger partial charge in [-0.2, -0.15) is 0 Å². The van der Waals surface area contributed by atoms with Crippen molar-refractivity contribution in [2.45, 2.75) is 32.3 Å². The van der Waals surface area contributed by atoms with Crippen LogP contribution in [0.15, 0.2) is 12.4 Å². The fourth-order valence-electron chi connectivity index (χ4n) is 1.17. The van der Waals surface area contributed by atoms with E-state index in [0.717, 1.165) is 5.82 Å². The van der Waals surface area contributed by atoms with Crippen LogP contribution in [0.1, 0.15) is 26.1 Å². The highest BCUT2D eigenvalue weighted by Crippen LogP contribution is 2.08. The Morgan fingerprint density at radius 3 is 2.71 bits per heavy atom. The van der Waals surface area contributed by atoms with Gasteiger partial charge in [-0.05, 0) is 13.8 Å². The van der Waals surface area contributed by atoms with Crippen LogP contribution >= 0.6 is 0 Å². The van der Waals surface area contributed by atoms with Crippen molar-refractivity contribution < 1.29 is 9.90 Å². The largest absolute Gasteiger partial charge is 0.383 e. The number of nitrogens with zero attached hydrogens (tertiary/aromatic N) is 2. The van der Waals surface area contributed by atoms with Crippen LogP contribution in [0.2, 0.25) is 0 Å². The number of aromatic nitrogens is 2. The fourth-order valence-corrected chi connectivity index (χ4v) is 1.17. The Balaban J connectivity index is 2.50. The highest BCUT2D eigenvalue weighted by atomic mass is 16.3. The van der Waals surface area contributed by atoms with Gasteiger partial charge in [-0.25, -0.2) is 4.98 Å². The van der Waals surface area contributed by atoms with E-state index >= 15 is 0 Å². The minimum atomic E-state index is -1.23. The third-order valence-corrected chi connectivity index (χ3v) is 2.18. The molecule has 1 rings (SSSR count). The molecule has 0 unspecified atom stereocenters. The predicted octanol–water partition coefficient (Wildman–Crippen LogP) is 0.693. The zero-order valence-corrected chi connectivity index (χ0v) is 8.82. The van der Waals surface area contributed by atoms with Gasteiger partial charge in [0.15, 0.2) is 5.78 Å². The Kier molecular flexibility index (Phi) is 3.06. The van der Waals surface area contributed by atoms with Crippen molar-refractivity contribution >= 4 is 5.78 Å². The van der Waals surface area contributed by atoms with Gasteiger partial charge in [0.2, 0.25) is 0 Å². The maximum absolute atomic E-state index is 11.4. The van der Waals surface area contributed by atoms with Crippen molar-refractivity contribution in [1.82, 2.24) is 9.55 Å². The lowest BCUT2D eigenvalue weighted by Crippen LogP contribution is -2.31. The topological polar surface area (TPSA) is 55.1 Å². The van der Waals surface area contributed by atoms with E-state index in [2.05, 4.69) is 4.98 Å². The molecule has 0 aliphatic rings. The molecular weight excluding hydrogens is 180 g/mol. The molecule has 0 fully saturated rings. The van der Waals surface area contributed by atoms with E-state index in [1.54, 1.807) is 6.20 Å². The molecule has 1 aromatic heterocycles. The molecule has 0 aliphatic heterocycles. The Labute approximate surface area is 83.6 Å². The molecule has 14 heavy (non-hydrogen) atoms. The second-order valence-corrected chi connectivity index (χ2v) is 3.94. The first-order valence-electron chi connectivity index (χ1n) is 4.63. The molecule has 0 saturated carbocycles. The minimum Gasteiger partial charge on any atom is -0.383 e. The SMILES string of the molecule is Cn1ccnc1CCC(=O)C(C)(C)O. The van der Waals surface area contributed by atoms with Gasteiger partial charge < -0.3 is 9.67 Å². The Hall–Kier alpha value is -1.16. The van der Waals surface area contributed by atoms with Crippen LogP contribution in [0.25, 0.3) is 0 Å². The molecule has 0 spiro atoms. The van der Waals surface area contributed by atoms with Crippen LogP contribution in [-0.2, 0) is 18.3 Å². The van der Waals surface area contributed by atoms with E-state index in [1.165, 1.54) is 13.8 Å². The number of Topliss-reactive ketones (excluding diaryl/α,β-unsaturated/α-hetero) is 1. The quantitative estimate of drug-likeness (QED) is 0.771. The van der Waals surface area contributed by atoms with E-state index < -0.39 is 5.60 Å². The zero-order valence-electron chi connectivity index (χ0n) is 8.82. The summed E-state index contributed by atoms with van der Waals surface area (Å²) in [6.07, 6.45) is 4.44. The van der Waals surface area contributed by atoms with E-state index in [0.29, 0.717) is 12.8 Å². The average Bonchev–Trinajstić information content (AvgIpc) is 2.45. The highest BCUT2D eigenvalue weighted by Gasteiger charge is 2.23. The smallest absolute Gasteiger partial charge is 0.164 e. The summed E-state index contributed by atoms with van der Waals surface area (Å²) in [7, 11) is 1.89. The van der Waals surface area contributed by atoms with Gasteiger partial charge in [0.1, 0.15) is 11.4 Å². The molecule has 0 amide bonds. The number of hydrogen-bond acceptors (Lipinski definition) is 3. The van der Waals surface area contributed by atoms with Crippen LogP contribution in [0.4, 0.5) is 0 Å². The number of rotatable bonds is 4. The fraction of sp³-hybridized carbons (Fsp3) is 0.600. The molecule has 0 bridgehead atoms. The summed E-state index contributed by atoms with van der Waals surface area (Å²) in [6, 6.07) is 0. The molecule has 0 atom stereocenters. The summed E-state index contributed by atoms with van der Waals surface area (Å²) in [4.78, 5) is 15.5. The van der Waals surface area contributed by atoms with Crippen molar-refractivity contribution in [3.8, 4) is 0 Å². The third-order valence-electron chi connectivity index (χ3n) is 2.18. The average molecular weight is 196 g/mol. The molecule has 78 valence electrons. The van der Waals surface area contributed by atoms with Crippen LogP contribution in [0, 0.1) is 0 Å². The number of hydrogen-bond donors (Lipinski definition) is 1. The second kappa shape index (κ2) is 3.92. The highest BCUT2D eigenvalue weighted by molar-refractivity contribution is 5.86. The molecule has 4 nitrogen and oxygen atoms in total. The van der Waals surface area contributed by atoms with Gasteiger partial charge in [-0.15, -0.1) is 0 Å². The number of carbonyl (C=O) groups is 1. The minimum absolute atomic E-state index is 0.152. The van der Waals surface area contributed by atoms with Gasteiger partial charge in [0.25, 0.3) is 0 Å². The Bertz CT molecular complexity index is 323. The molecule has 0 saturated heterocycles. The molecule has 0 aromatic carbocycles. The monoisotopic (exact) mass is 196 g/mol. The maximum Gasteiger partial charge on any atom is 0.164 e. The van der Waals surface area contributed by atoms with E-state index in [-0.39, 0.29) is 5.78 Å². The molecule has 1 heterocycles. The van der Waals surface area contributed by atoms with Gasteiger partial charge >= 0.3 is 0 Å². The first-order valence-corrected chi connectivity index (χ1v) is 4.63. The van der Waals surface area contributed by atoms with Crippen molar-refractivity contribution in [1.29, 1.82) is 0 Å². The number of carbonyl (C=O) groups excluding carboxylic acids is 1. The number of ketones is 1. The molecule has 1 aromatic rings. The maximum atomic E-state index is 11.4. The second-order valence-electron chi connectivity index (χ2n) is 3.94. The van der Waals surface area contributed by atoms with Crippen LogP contribution in [0.3, 0.4) is 0 Å². The molecule has 1 N–H and O–H groups in total. The van der Waals surface area contributed by atoms with Crippen LogP contribution in [-0.4, -0.2) is 26.0 Å². The normalized spacial score (nSPS) is 11.7. The molecular formula is C10H16N2O2. The van der Waals surface area contributed by atoms with E-state index in [1.807, 2.05) is 17.8 Å². The van der Waals surface area contributed by atoms with Gasteiger partial charge in [0.05, 0.1) is 0 Å². The number of aryl methyl sites for hydroxylation is 2. The van der Waals surface area contributed by atoms with Crippen LogP contribution in [0.5, 0.6) is 0 Å². The van der Waals surface area contributed by atoms with Gasteiger partial charge in [0, 0.05) is 32.3 Å². The van der Waals surface area contributed by atoms with Gasteiger partial charge in [-0.1, -0.05) is 0 Å². The van der Waals surface area contributed by atoms with Crippen molar-refractivity contribution in [2.24, 2.45) is 7.05 Å². The molecule has 0 radical (unpaired) electrons.